The lowest BCUT2D eigenvalue weighted by atomic mass is 9.95. The molecule has 2 aromatic rings. The van der Waals surface area contributed by atoms with Crippen LogP contribution in [0.5, 0.6) is 11.5 Å². The summed E-state index contributed by atoms with van der Waals surface area (Å²) in [4.78, 5) is 14.3. The molecule has 180 valence electrons. The van der Waals surface area contributed by atoms with Crippen LogP contribution in [-0.2, 0) is 22.5 Å². The van der Waals surface area contributed by atoms with Crippen molar-refractivity contribution in [2.24, 2.45) is 17.1 Å². The first-order chi connectivity index (χ1) is 15.4. The molecule has 0 saturated carbocycles. The fourth-order valence-corrected chi connectivity index (χ4v) is 3.57. The Hall–Kier alpha value is -2.80. The molecule has 33 heavy (non-hydrogen) atoms. The van der Waals surface area contributed by atoms with Crippen LogP contribution in [0.25, 0.3) is 0 Å². The van der Waals surface area contributed by atoms with Gasteiger partial charge in [-0.05, 0) is 87.6 Å². The predicted molar refractivity (Wildman–Crippen MR) is 135 cm³/mol. The minimum Gasteiger partial charge on any atom is -0.504 e. The van der Waals surface area contributed by atoms with Gasteiger partial charge in [-0.1, -0.05) is 24.3 Å². The molecule has 3 N–H and O–H groups in total. The number of thiocarbonyl (C=S) groups is 1. The molecule has 1 unspecified atom stereocenters. The number of rotatable bonds is 9. The lowest BCUT2D eigenvalue weighted by Crippen LogP contribution is -2.40. The Bertz CT molecular complexity index is 985. The normalized spacial score (nSPS) is 12.2. The van der Waals surface area contributed by atoms with E-state index in [4.69, 9.17) is 27.4 Å². The van der Waals surface area contributed by atoms with Crippen molar-refractivity contribution >= 4 is 23.3 Å². The van der Waals surface area contributed by atoms with E-state index in [9.17, 15) is 9.90 Å². The minimum absolute atomic E-state index is 0.0149. The molecule has 0 spiro atoms. The number of nitrogens with zero attached hydrogens (tertiary/aromatic N) is 1. The van der Waals surface area contributed by atoms with Gasteiger partial charge in [0.25, 0.3) is 0 Å². The van der Waals surface area contributed by atoms with E-state index >= 15 is 0 Å². The number of esters is 1. The monoisotopic (exact) mass is 472 g/mol. The number of benzene rings is 2. The fourth-order valence-electron chi connectivity index (χ4n) is 3.43. The van der Waals surface area contributed by atoms with Gasteiger partial charge in [-0.3, -0.25) is 4.79 Å². The largest absolute Gasteiger partial charge is 0.504 e. The number of carbonyl (C=O) groups is 1. The lowest BCUT2D eigenvalue weighted by molar-refractivity contribution is -0.154. The molecule has 0 amide bonds. The van der Waals surface area contributed by atoms with Crippen LogP contribution in [-0.4, -0.2) is 41.3 Å². The summed E-state index contributed by atoms with van der Waals surface area (Å²) in [5.74, 6) is 0.211. The van der Waals surface area contributed by atoms with Gasteiger partial charge in [0.15, 0.2) is 16.6 Å². The van der Waals surface area contributed by atoms with Crippen LogP contribution in [0, 0.1) is 25.2 Å². The van der Waals surface area contributed by atoms with Gasteiger partial charge in [-0.2, -0.15) is 0 Å². The highest BCUT2D eigenvalue weighted by atomic mass is 32.1. The Kier molecular flexibility index (Phi) is 9.11. The zero-order valence-corrected chi connectivity index (χ0v) is 21.3. The van der Waals surface area contributed by atoms with Crippen molar-refractivity contribution in [3.05, 3.63) is 58.7 Å². The van der Waals surface area contributed by atoms with Gasteiger partial charge in [0.2, 0.25) is 0 Å². The van der Waals surface area contributed by atoms with Crippen LogP contribution in [0.3, 0.4) is 0 Å². The number of phenols is 1. The summed E-state index contributed by atoms with van der Waals surface area (Å²) in [7, 11) is 1.51. The summed E-state index contributed by atoms with van der Waals surface area (Å²) in [6, 6.07) is 11.5. The van der Waals surface area contributed by atoms with Crippen LogP contribution in [0.2, 0.25) is 0 Å². The molecule has 0 aliphatic heterocycles. The molecule has 0 aliphatic carbocycles. The molecule has 0 saturated heterocycles. The Morgan fingerprint density at radius 3 is 2.36 bits per heavy atom. The van der Waals surface area contributed by atoms with Crippen molar-refractivity contribution < 1.29 is 19.4 Å². The number of nitrogens with two attached hydrogens (primary N) is 1. The number of aryl methyl sites for hydroxylation is 2. The van der Waals surface area contributed by atoms with Gasteiger partial charge in [0.05, 0.1) is 19.1 Å². The molecule has 0 heterocycles. The summed E-state index contributed by atoms with van der Waals surface area (Å²) in [5.41, 5.74) is 10.0. The standard InChI is InChI=1S/C26H36N2O4S/c1-17-7-8-19(11-18(17)2)12-21(16-32-24(30)26(3,4)5)15-28(25(27)33)14-20-9-10-22(29)23(13-20)31-6/h7-11,13,21,29H,12,14-16H2,1-6H3,(H2,27,33). The smallest absolute Gasteiger partial charge is 0.311 e. The highest BCUT2D eigenvalue weighted by Gasteiger charge is 2.25. The summed E-state index contributed by atoms with van der Waals surface area (Å²) in [5, 5.41) is 10.1. The average molecular weight is 473 g/mol. The van der Waals surface area contributed by atoms with Gasteiger partial charge in [-0.25, -0.2) is 0 Å². The maximum Gasteiger partial charge on any atom is 0.311 e. The van der Waals surface area contributed by atoms with E-state index in [-0.39, 0.29) is 29.4 Å². The maximum absolute atomic E-state index is 12.4. The maximum atomic E-state index is 12.4. The van der Waals surface area contributed by atoms with Crippen molar-refractivity contribution in [3.63, 3.8) is 0 Å². The van der Waals surface area contributed by atoms with E-state index in [0.29, 0.717) is 18.8 Å². The van der Waals surface area contributed by atoms with Gasteiger partial charge in [0.1, 0.15) is 0 Å². The van der Waals surface area contributed by atoms with Crippen molar-refractivity contribution in [3.8, 4) is 11.5 Å². The van der Waals surface area contributed by atoms with Gasteiger partial charge >= 0.3 is 5.97 Å². The van der Waals surface area contributed by atoms with Crippen molar-refractivity contribution in [1.29, 1.82) is 0 Å². The van der Waals surface area contributed by atoms with E-state index in [2.05, 4.69) is 32.0 Å². The van der Waals surface area contributed by atoms with Crippen molar-refractivity contribution in [2.45, 2.75) is 47.6 Å². The van der Waals surface area contributed by atoms with E-state index in [0.717, 1.165) is 12.0 Å². The van der Waals surface area contributed by atoms with E-state index in [1.807, 2.05) is 25.7 Å². The number of aromatic hydroxyl groups is 1. The second kappa shape index (κ2) is 11.4. The van der Waals surface area contributed by atoms with Crippen LogP contribution >= 0.6 is 12.2 Å². The predicted octanol–water partition coefficient (Wildman–Crippen LogP) is 4.51. The fraction of sp³-hybridized carbons (Fsp3) is 0.462. The average Bonchev–Trinajstić information content (AvgIpc) is 2.74. The molecule has 7 heteroatoms. The van der Waals surface area contributed by atoms with Crippen molar-refractivity contribution in [1.82, 2.24) is 4.90 Å². The SMILES string of the molecule is COc1cc(CN(CC(COC(=O)C(C)(C)C)Cc2ccc(C)c(C)c2)C(N)=S)ccc1O. The number of hydrogen-bond donors (Lipinski definition) is 2. The first kappa shape index (κ1) is 26.5. The van der Waals surface area contributed by atoms with Crippen LogP contribution < -0.4 is 10.5 Å². The molecule has 0 bridgehead atoms. The van der Waals surface area contributed by atoms with Crippen molar-refractivity contribution in [2.75, 3.05) is 20.3 Å². The molecule has 0 fully saturated rings. The Morgan fingerprint density at radius 1 is 1.12 bits per heavy atom. The number of phenolic OH excluding ortho intramolecular Hbond substituents is 1. The van der Waals surface area contributed by atoms with Gasteiger partial charge < -0.3 is 25.2 Å². The number of carbonyl (C=O) groups excluding carboxylic acids is 1. The number of hydrogen-bond acceptors (Lipinski definition) is 5. The Labute approximate surface area is 202 Å². The first-order valence-electron chi connectivity index (χ1n) is 11.0. The van der Waals surface area contributed by atoms with E-state index in [1.54, 1.807) is 18.2 Å². The summed E-state index contributed by atoms with van der Waals surface area (Å²) >= 11 is 5.33. The second-order valence-electron chi connectivity index (χ2n) is 9.56. The quantitative estimate of drug-likeness (QED) is 0.410. The lowest BCUT2D eigenvalue weighted by Gasteiger charge is -2.29. The van der Waals surface area contributed by atoms with Crippen LogP contribution in [0.1, 0.15) is 43.0 Å². The van der Waals surface area contributed by atoms with Crippen LogP contribution in [0.15, 0.2) is 36.4 Å². The third-order valence-corrected chi connectivity index (χ3v) is 5.82. The van der Waals surface area contributed by atoms with E-state index in [1.165, 1.54) is 23.8 Å². The highest BCUT2D eigenvalue weighted by Crippen LogP contribution is 2.27. The molecule has 1 atom stereocenters. The molecular formula is C26H36N2O4S. The summed E-state index contributed by atoms with van der Waals surface area (Å²) in [6.07, 6.45) is 0.719. The van der Waals surface area contributed by atoms with E-state index < -0.39 is 5.41 Å². The summed E-state index contributed by atoms with van der Waals surface area (Å²) in [6.45, 7) is 10.9. The third-order valence-electron chi connectivity index (χ3n) is 5.57. The van der Waals surface area contributed by atoms with Gasteiger partial charge in [0, 0.05) is 19.0 Å². The highest BCUT2D eigenvalue weighted by molar-refractivity contribution is 7.80. The van der Waals surface area contributed by atoms with Gasteiger partial charge in [-0.15, -0.1) is 0 Å². The molecule has 2 rings (SSSR count). The zero-order valence-electron chi connectivity index (χ0n) is 20.5. The molecule has 6 nitrogen and oxygen atoms in total. The Morgan fingerprint density at radius 2 is 1.79 bits per heavy atom. The third kappa shape index (κ3) is 7.93. The molecule has 2 aromatic carbocycles. The molecule has 0 aromatic heterocycles. The summed E-state index contributed by atoms with van der Waals surface area (Å²) < 4.78 is 10.9. The number of methoxy groups -OCH3 is 1. The Balaban J connectivity index is 2.23. The first-order valence-corrected chi connectivity index (χ1v) is 11.4. The molecule has 0 radical (unpaired) electrons. The molecule has 0 aliphatic rings. The zero-order chi connectivity index (χ0) is 24.8. The topological polar surface area (TPSA) is 85.0 Å². The molecular weight excluding hydrogens is 436 g/mol. The second-order valence-corrected chi connectivity index (χ2v) is 9.98. The minimum atomic E-state index is -0.573. The number of ether oxygens (including phenoxy) is 2. The van der Waals surface area contributed by atoms with Crippen LogP contribution in [0.4, 0.5) is 0 Å².